The molecule has 1 aliphatic rings. The van der Waals surface area contributed by atoms with Crippen LogP contribution in [0, 0.1) is 0 Å². The van der Waals surface area contributed by atoms with Crippen LogP contribution in [0.25, 0.3) is 16.6 Å². The van der Waals surface area contributed by atoms with E-state index in [0.29, 0.717) is 28.8 Å². The number of carbonyl (C=O) groups excluding carboxylic acids is 1. The SMILES string of the molecule is C=N/C(=C\C(=C)OC)c1ccnc(Nc2ccc3c(c2)cc(C(=O)N2CCN(C)CC2)n3C)n1. The Balaban J connectivity index is 1.57. The number of hydrogen-bond acceptors (Lipinski definition) is 7. The summed E-state index contributed by atoms with van der Waals surface area (Å²) in [6.45, 7) is 10.6. The second-order valence-electron chi connectivity index (χ2n) is 8.21. The Morgan fingerprint density at radius 2 is 1.94 bits per heavy atom. The predicted molar refractivity (Wildman–Crippen MR) is 135 cm³/mol. The number of aromatic nitrogens is 3. The van der Waals surface area contributed by atoms with E-state index in [-0.39, 0.29) is 5.91 Å². The number of fused-ring (bicyclic) bond motifs is 1. The molecule has 0 unspecified atom stereocenters. The van der Waals surface area contributed by atoms with E-state index in [1.54, 1.807) is 18.3 Å². The number of ether oxygens (including phenoxy) is 1. The van der Waals surface area contributed by atoms with Crippen molar-refractivity contribution in [1.82, 2.24) is 24.3 Å². The van der Waals surface area contributed by atoms with Gasteiger partial charge >= 0.3 is 0 Å². The maximum absolute atomic E-state index is 13.1. The van der Waals surface area contributed by atoms with Crippen LogP contribution in [0.2, 0.25) is 0 Å². The Bertz CT molecular complexity index is 1270. The number of aliphatic imine (C=N–C) groups is 1. The normalized spacial score (nSPS) is 14.8. The molecule has 1 aliphatic heterocycles. The lowest BCUT2D eigenvalue weighted by molar-refractivity contribution is 0.0655. The maximum atomic E-state index is 13.1. The molecule has 9 heteroatoms. The second kappa shape index (κ2) is 9.88. The van der Waals surface area contributed by atoms with Gasteiger partial charge in [-0.15, -0.1) is 0 Å². The van der Waals surface area contributed by atoms with Crippen molar-refractivity contribution in [3.8, 4) is 0 Å². The molecule has 3 heterocycles. The number of anilines is 2. The number of piperazine rings is 1. The van der Waals surface area contributed by atoms with E-state index in [9.17, 15) is 4.79 Å². The third-order valence-corrected chi connectivity index (χ3v) is 5.96. The molecule has 0 saturated carbocycles. The van der Waals surface area contributed by atoms with E-state index in [0.717, 1.165) is 42.8 Å². The molecule has 0 aliphatic carbocycles. The highest BCUT2D eigenvalue weighted by atomic mass is 16.5. The van der Waals surface area contributed by atoms with Crippen LogP contribution in [0.15, 0.2) is 59.9 Å². The van der Waals surface area contributed by atoms with Gasteiger partial charge in [0.2, 0.25) is 5.95 Å². The van der Waals surface area contributed by atoms with Crippen LogP contribution >= 0.6 is 0 Å². The molecule has 0 bridgehead atoms. The van der Waals surface area contributed by atoms with Crippen LogP contribution in [0.5, 0.6) is 0 Å². The van der Waals surface area contributed by atoms with Gasteiger partial charge < -0.3 is 24.4 Å². The van der Waals surface area contributed by atoms with Gasteiger partial charge in [-0.2, -0.15) is 0 Å². The van der Waals surface area contributed by atoms with E-state index in [4.69, 9.17) is 4.74 Å². The highest BCUT2D eigenvalue weighted by Gasteiger charge is 2.23. The minimum Gasteiger partial charge on any atom is -0.497 e. The molecule has 4 rings (SSSR count). The fourth-order valence-corrected chi connectivity index (χ4v) is 3.91. The first-order valence-corrected chi connectivity index (χ1v) is 11.0. The summed E-state index contributed by atoms with van der Waals surface area (Å²) in [5, 5.41) is 4.20. The summed E-state index contributed by atoms with van der Waals surface area (Å²) in [6.07, 6.45) is 3.31. The number of amides is 1. The standard InChI is InChI=1S/C25H29N7O2/c1-17(34-5)14-21(26-2)20-8-9-27-25(29-20)28-19-6-7-22-18(15-19)16-23(31(22)4)24(33)32-12-10-30(3)11-13-32/h6-9,14-16H,1-2,10-13H2,3-5H3,(H,27,28,29)/b21-14-. The van der Waals surface area contributed by atoms with Crippen molar-refractivity contribution in [3.05, 3.63) is 66.3 Å². The molecule has 176 valence electrons. The molecule has 0 radical (unpaired) electrons. The zero-order valence-electron chi connectivity index (χ0n) is 19.8. The Morgan fingerprint density at radius 1 is 1.18 bits per heavy atom. The molecule has 0 atom stereocenters. The Hall–Kier alpha value is -3.98. The smallest absolute Gasteiger partial charge is 0.270 e. The minimum atomic E-state index is 0.0613. The maximum Gasteiger partial charge on any atom is 0.270 e. The number of carbonyl (C=O) groups is 1. The highest BCUT2D eigenvalue weighted by Crippen LogP contribution is 2.25. The van der Waals surface area contributed by atoms with Crippen molar-refractivity contribution in [2.75, 3.05) is 45.7 Å². The van der Waals surface area contributed by atoms with Gasteiger partial charge in [0, 0.05) is 62.1 Å². The second-order valence-corrected chi connectivity index (χ2v) is 8.21. The van der Waals surface area contributed by atoms with E-state index < -0.39 is 0 Å². The van der Waals surface area contributed by atoms with Crippen LogP contribution in [0.4, 0.5) is 11.6 Å². The zero-order chi connectivity index (χ0) is 24.2. The van der Waals surface area contributed by atoms with E-state index >= 15 is 0 Å². The lowest BCUT2D eigenvalue weighted by atomic mass is 10.2. The molecular weight excluding hydrogens is 430 g/mol. The third-order valence-electron chi connectivity index (χ3n) is 5.96. The molecule has 1 saturated heterocycles. The van der Waals surface area contributed by atoms with Crippen molar-refractivity contribution in [3.63, 3.8) is 0 Å². The summed E-state index contributed by atoms with van der Waals surface area (Å²) in [5.41, 5.74) is 3.60. The molecule has 1 aromatic carbocycles. The van der Waals surface area contributed by atoms with E-state index in [2.05, 4.69) is 45.5 Å². The first kappa shape index (κ1) is 23.2. The summed E-state index contributed by atoms with van der Waals surface area (Å²) < 4.78 is 7.04. The van der Waals surface area contributed by atoms with Gasteiger partial charge in [0.25, 0.3) is 5.91 Å². The molecule has 9 nitrogen and oxygen atoms in total. The summed E-state index contributed by atoms with van der Waals surface area (Å²) in [6, 6.07) is 9.60. The van der Waals surface area contributed by atoms with Gasteiger partial charge in [0.1, 0.15) is 11.5 Å². The van der Waals surface area contributed by atoms with Gasteiger partial charge in [0.05, 0.1) is 18.5 Å². The summed E-state index contributed by atoms with van der Waals surface area (Å²) in [4.78, 5) is 30.1. The number of aryl methyl sites for hydroxylation is 1. The molecule has 0 spiro atoms. The van der Waals surface area contributed by atoms with Crippen LogP contribution in [-0.4, -0.2) is 77.3 Å². The largest absolute Gasteiger partial charge is 0.497 e. The number of nitrogens with zero attached hydrogens (tertiary/aromatic N) is 6. The molecule has 1 N–H and O–H groups in total. The number of methoxy groups -OCH3 is 1. The topological polar surface area (TPSA) is 87.9 Å². The van der Waals surface area contributed by atoms with Crippen molar-refractivity contribution < 1.29 is 9.53 Å². The number of nitrogens with one attached hydrogen (secondary N) is 1. The van der Waals surface area contributed by atoms with E-state index in [1.807, 2.05) is 40.8 Å². The molecule has 34 heavy (non-hydrogen) atoms. The monoisotopic (exact) mass is 459 g/mol. The first-order chi connectivity index (χ1) is 16.4. The van der Waals surface area contributed by atoms with Crippen LogP contribution in [0.3, 0.4) is 0 Å². The molecular formula is C25H29N7O2. The zero-order valence-corrected chi connectivity index (χ0v) is 19.8. The number of rotatable bonds is 7. The molecule has 3 aromatic rings. The number of allylic oxidation sites excluding steroid dienone is 1. The van der Waals surface area contributed by atoms with Crippen molar-refractivity contribution in [2.24, 2.45) is 12.0 Å². The minimum absolute atomic E-state index is 0.0613. The Labute approximate surface area is 199 Å². The summed E-state index contributed by atoms with van der Waals surface area (Å²) >= 11 is 0. The van der Waals surface area contributed by atoms with Crippen LogP contribution in [-0.2, 0) is 11.8 Å². The first-order valence-electron chi connectivity index (χ1n) is 11.0. The highest BCUT2D eigenvalue weighted by molar-refractivity contribution is 5.99. The van der Waals surface area contributed by atoms with Gasteiger partial charge in [-0.05, 0) is 44.1 Å². The van der Waals surface area contributed by atoms with Crippen molar-refractivity contribution >= 4 is 40.9 Å². The van der Waals surface area contributed by atoms with Gasteiger partial charge in [0.15, 0.2) is 0 Å². The van der Waals surface area contributed by atoms with Crippen LogP contribution < -0.4 is 5.32 Å². The number of hydrogen-bond donors (Lipinski definition) is 1. The van der Waals surface area contributed by atoms with Gasteiger partial charge in [-0.1, -0.05) is 6.58 Å². The fraction of sp³-hybridized carbons (Fsp3) is 0.280. The number of likely N-dealkylation sites (N-methyl/N-ethyl adjacent to an activating group) is 1. The average Bonchev–Trinajstić information content (AvgIpc) is 3.18. The molecule has 2 aromatic heterocycles. The van der Waals surface area contributed by atoms with Crippen LogP contribution in [0.1, 0.15) is 16.2 Å². The lowest BCUT2D eigenvalue weighted by Gasteiger charge is -2.32. The van der Waals surface area contributed by atoms with Crippen molar-refractivity contribution in [1.29, 1.82) is 0 Å². The van der Waals surface area contributed by atoms with Gasteiger partial charge in [-0.3, -0.25) is 9.79 Å². The third kappa shape index (κ3) is 4.84. The average molecular weight is 460 g/mol. The quantitative estimate of drug-likeness (QED) is 0.331. The van der Waals surface area contributed by atoms with Crippen molar-refractivity contribution in [2.45, 2.75) is 0 Å². The number of benzene rings is 1. The molecule has 1 fully saturated rings. The molecule has 1 amide bonds. The van der Waals surface area contributed by atoms with Gasteiger partial charge in [-0.25, -0.2) is 9.97 Å². The summed E-state index contributed by atoms with van der Waals surface area (Å²) in [7, 11) is 5.54. The van der Waals surface area contributed by atoms with E-state index in [1.165, 1.54) is 7.11 Å². The Kier molecular flexibility index (Phi) is 6.74. The predicted octanol–water partition coefficient (Wildman–Crippen LogP) is 3.30. The lowest BCUT2D eigenvalue weighted by Crippen LogP contribution is -2.47. The fourth-order valence-electron chi connectivity index (χ4n) is 3.91. The Morgan fingerprint density at radius 3 is 2.65 bits per heavy atom. The summed E-state index contributed by atoms with van der Waals surface area (Å²) in [5.74, 6) is 0.928.